The van der Waals surface area contributed by atoms with Crippen LogP contribution in [0.2, 0.25) is 5.02 Å². The molecule has 0 unspecified atom stereocenters. The molecule has 1 heterocycles. The third-order valence-electron chi connectivity index (χ3n) is 3.92. The number of halogens is 1. The summed E-state index contributed by atoms with van der Waals surface area (Å²) in [6.45, 7) is 0. The largest absolute Gasteiger partial charge is 0.496 e. The SMILES string of the molecule is COc1ccc(Cl)cc1-c1cc(NC(=O)c2cccc(OC)c2OC)n[nH]1. The summed E-state index contributed by atoms with van der Waals surface area (Å²) in [4.78, 5) is 12.6. The van der Waals surface area contributed by atoms with Crippen LogP contribution in [-0.4, -0.2) is 37.4 Å². The van der Waals surface area contributed by atoms with E-state index in [9.17, 15) is 4.79 Å². The summed E-state index contributed by atoms with van der Waals surface area (Å²) in [6, 6.07) is 12.0. The molecule has 0 aliphatic rings. The van der Waals surface area contributed by atoms with Crippen LogP contribution < -0.4 is 19.5 Å². The molecule has 0 saturated carbocycles. The van der Waals surface area contributed by atoms with E-state index in [2.05, 4.69) is 15.5 Å². The van der Waals surface area contributed by atoms with Crippen molar-refractivity contribution >= 4 is 23.3 Å². The van der Waals surface area contributed by atoms with Crippen molar-refractivity contribution in [3.8, 4) is 28.5 Å². The van der Waals surface area contributed by atoms with Crippen LogP contribution in [0.15, 0.2) is 42.5 Å². The van der Waals surface area contributed by atoms with Crippen LogP contribution in [0.1, 0.15) is 10.4 Å². The number of methoxy groups -OCH3 is 3. The first-order valence-electron chi connectivity index (χ1n) is 7.99. The van der Waals surface area contributed by atoms with Crippen LogP contribution in [0, 0.1) is 0 Å². The van der Waals surface area contributed by atoms with Crippen molar-refractivity contribution in [1.82, 2.24) is 10.2 Å². The molecule has 7 nitrogen and oxygen atoms in total. The van der Waals surface area contributed by atoms with E-state index in [4.69, 9.17) is 25.8 Å². The second kappa shape index (κ2) is 8.01. The van der Waals surface area contributed by atoms with Crippen LogP contribution in [0.5, 0.6) is 17.2 Å². The van der Waals surface area contributed by atoms with E-state index in [1.54, 1.807) is 49.6 Å². The number of rotatable bonds is 6. The van der Waals surface area contributed by atoms with Crippen LogP contribution in [0.3, 0.4) is 0 Å². The van der Waals surface area contributed by atoms with Gasteiger partial charge in [0.05, 0.1) is 32.6 Å². The summed E-state index contributed by atoms with van der Waals surface area (Å²) in [5.74, 6) is 1.43. The zero-order valence-corrected chi connectivity index (χ0v) is 15.8. The predicted molar refractivity (Wildman–Crippen MR) is 103 cm³/mol. The second-order valence-corrected chi connectivity index (χ2v) is 5.94. The molecule has 140 valence electrons. The fourth-order valence-electron chi connectivity index (χ4n) is 2.66. The average molecular weight is 388 g/mol. The maximum absolute atomic E-state index is 12.6. The minimum Gasteiger partial charge on any atom is -0.496 e. The number of para-hydroxylation sites is 1. The summed E-state index contributed by atoms with van der Waals surface area (Å²) < 4.78 is 15.9. The number of anilines is 1. The Balaban J connectivity index is 1.87. The summed E-state index contributed by atoms with van der Waals surface area (Å²) in [7, 11) is 4.56. The zero-order valence-electron chi connectivity index (χ0n) is 15.0. The van der Waals surface area contributed by atoms with Gasteiger partial charge in [0.2, 0.25) is 0 Å². The molecule has 3 rings (SSSR count). The van der Waals surface area contributed by atoms with E-state index >= 15 is 0 Å². The highest BCUT2D eigenvalue weighted by atomic mass is 35.5. The van der Waals surface area contributed by atoms with Gasteiger partial charge >= 0.3 is 0 Å². The second-order valence-electron chi connectivity index (χ2n) is 5.51. The van der Waals surface area contributed by atoms with E-state index in [0.29, 0.717) is 39.3 Å². The molecule has 27 heavy (non-hydrogen) atoms. The molecule has 0 aliphatic heterocycles. The quantitative estimate of drug-likeness (QED) is 0.667. The highest BCUT2D eigenvalue weighted by Crippen LogP contribution is 2.33. The lowest BCUT2D eigenvalue weighted by Crippen LogP contribution is -2.13. The molecule has 1 amide bonds. The Hall–Kier alpha value is -3.19. The lowest BCUT2D eigenvalue weighted by atomic mass is 10.1. The Morgan fingerprint density at radius 2 is 1.81 bits per heavy atom. The number of aromatic amines is 1. The van der Waals surface area contributed by atoms with Gasteiger partial charge in [-0.05, 0) is 30.3 Å². The maximum atomic E-state index is 12.6. The van der Waals surface area contributed by atoms with E-state index in [1.165, 1.54) is 14.2 Å². The number of amides is 1. The molecule has 8 heteroatoms. The summed E-state index contributed by atoms with van der Waals surface area (Å²) in [6.07, 6.45) is 0. The lowest BCUT2D eigenvalue weighted by Gasteiger charge is -2.11. The first-order valence-corrected chi connectivity index (χ1v) is 8.36. The van der Waals surface area contributed by atoms with Crippen LogP contribution in [0.25, 0.3) is 11.3 Å². The normalized spacial score (nSPS) is 10.4. The number of hydrogen-bond acceptors (Lipinski definition) is 5. The van der Waals surface area contributed by atoms with Gasteiger partial charge in [-0.25, -0.2) is 0 Å². The molecule has 0 fully saturated rings. The molecule has 0 bridgehead atoms. The number of benzene rings is 2. The molecule has 0 spiro atoms. The zero-order chi connectivity index (χ0) is 19.4. The topological polar surface area (TPSA) is 85.5 Å². The highest BCUT2D eigenvalue weighted by Gasteiger charge is 2.18. The molecule has 2 N–H and O–H groups in total. The van der Waals surface area contributed by atoms with Gasteiger partial charge in [0.1, 0.15) is 5.75 Å². The molecular weight excluding hydrogens is 370 g/mol. The molecule has 2 aromatic carbocycles. The molecular formula is C19H18ClN3O4. The number of nitrogens with one attached hydrogen (secondary N) is 2. The number of carbonyl (C=O) groups is 1. The molecule has 0 aliphatic carbocycles. The van der Waals surface area contributed by atoms with Gasteiger partial charge in [0.25, 0.3) is 5.91 Å². The lowest BCUT2D eigenvalue weighted by molar-refractivity contribution is 0.102. The fraction of sp³-hybridized carbons (Fsp3) is 0.158. The van der Waals surface area contributed by atoms with Crippen molar-refractivity contribution in [2.75, 3.05) is 26.6 Å². The minimum atomic E-state index is -0.373. The number of nitrogens with zero attached hydrogens (tertiary/aromatic N) is 1. The Bertz CT molecular complexity index is 971. The minimum absolute atomic E-state index is 0.335. The molecule has 0 saturated heterocycles. The average Bonchev–Trinajstić information content (AvgIpc) is 3.15. The van der Waals surface area contributed by atoms with E-state index in [0.717, 1.165) is 5.56 Å². The predicted octanol–water partition coefficient (Wildman–Crippen LogP) is 4.01. The van der Waals surface area contributed by atoms with E-state index < -0.39 is 0 Å². The standard InChI is InChI=1S/C19H18ClN3O4/c1-25-15-8-7-11(20)9-13(15)14-10-17(23-22-14)21-19(24)12-5-4-6-16(26-2)18(12)27-3/h4-10H,1-3H3,(H2,21,22,23,24). The first kappa shape index (κ1) is 18.6. The van der Waals surface area contributed by atoms with Gasteiger partial charge in [-0.2, -0.15) is 5.10 Å². The number of H-pyrrole nitrogens is 1. The van der Waals surface area contributed by atoms with Crippen molar-refractivity contribution in [3.05, 3.63) is 53.1 Å². The monoisotopic (exact) mass is 387 g/mol. The third kappa shape index (κ3) is 3.83. The molecule has 0 radical (unpaired) electrons. The highest BCUT2D eigenvalue weighted by molar-refractivity contribution is 6.31. The summed E-state index contributed by atoms with van der Waals surface area (Å²) >= 11 is 6.07. The van der Waals surface area contributed by atoms with Gasteiger partial charge in [0, 0.05) is 16.7 Å². The van der Waals surface area contributed by atoms with Crippen molar-refractivity contribution in [1.29, 1.82) is 0 Å². The number of aromatic nitrogens is 2. The van der Waals surface area contributed by atoms with Crippen LogP contribution >= 0.6 is 11.6 Å². The smallest absolute Gasteiger partial charge is 0.260 e. The van der Waals surface area contributed by atoms with Gasteiger partial charge < -0.3 is 19.5 Å². The van der Waals surface area contributed by atoms with Crippen molar-refractivity contribution < 1.29 is 19.0 Å². The number of carbonyl (C=O) groups excluding carboxylic acids is 1. The Morgan fingerprint density at radius 1 is 1.04 bits per heavy atom. The van der Waals surface area contributed by atoms with Gasteiger partial charge in [0.15, 0.2) is 17.3 Å². The molecule has 0 atom stereocenters. The van der Waals surface area contributed by atoms with E-state index in [1.807, 2.05) is 0 Å². The Kier molecular flexibility index (Phi) is 5.52. The first-order chi connectivity index (χ1) is 13.1. The fourth-order valence-corrected chi connectivity index (χ4v) is 2.84. The Labute approximate surface area is 161 Å². The van der Waals surface area contributed by atoms with E-state index in [-0.39, 0.29) is 5.91 Å². The summed E-state index contributed by atoms with van der Waals surface area (Å²) in [5.41, 5.74) is 1.72. The van der Waals surface area contributed by atoms with Crippen molar-refractivity contribution in [3.63, 3.8) is 0 Å². The van der Waals surface area contributed by atoms with Crippen molar-refractivity contribution in [2.24, 2.45) is 0 Å². The van der Waals surface area contributed by atoms with Crippen molar-refractivity contribution in [2.45, 2.75) is 0 Å². The Morgan fingerprint density at radius 3 is 2.52 bits per heavy atom. The van der Waals surface area contributed by atoms with Gasteiger partial charge in [-0.1, -0.05) is 17.7 Å². The molecule has 1 aromatic heterocycles. The van der Waals surface area contributed by atoms with Crippen LogP contribution in [-0.2, 0) is 0 Å². The third-order valence-corrected chi connectivity index (χ3v) is 4.15. The van der Waals surface area contributed by atoms with Crippen LogP contribution in [0.4, 0.5) is 5.82 Å². The van der Waals surface area contributed by atoms with Gasteiger partial charge in [-0.15, -0.1) is 0 Å². The summed E-state index contributed by atoms with van der Waals surface area (Å²) in [5, 5.41) is 10.3. The number of ether oxygens (including phenoxy) is 3. The maximum Gasteiger partial charge on any atom is 0.260 e. The number of hydrogen-bond donors (Lipinski definition) is 2. The van der Waals surface area contributed by atoms with Gasteiger partial charge in [-0.3, -0.25) is 9.89 Å². The molecule has 3 aromatic rings.